The Hall–Kier alpha value is -1.78. The lowest BCUT2D eigenvalue weighted by molar-refractivity contribution is -0.384. The maximum atomic E-state index is 10.7. The standard InChI is InChI=1S/C12H13N3O3S/c13-6-9-5-10(15(17)18)1-2-12(9)14-3-4-19-8-11(14)7-16/h1-2,5,11,16H,3-4,7-8H2. The molecule has 0 amide bonds. The number of rotatable bonds is 3. The molecule has 0 aliphatic carbocycles. The van der Waals surface area contributed by atoms with Crippen molar-refractivity contribution in [1.29, 1.82) is 5.26 Å². The lowest BCUT2D eigenvalue weighted by atomic mass is 10.1. The van der Waals surface area contributed by atoms with Crippen LogP contribution in [0.25, 0.3) is 0 Å². The first-order chi connectivity index (χ1) is 9.17. The number of nitriles is 1. The molecule has 0 aromatic heterocycles. The van der Waals surface area contributed by atoms with Gasteiger partial charge in [-0.25, -0.2) is 0 Å². The van der Waals surface area contributed by atoms with E-state index in [-0.39, 0.29) is 23.9 Å². The van der Waals surface area contributed by atoms with E-state index in [0.29, 0.717) is 5.69 Å². The number of benzene rings is 1. The molecule has 6 nitrogen and oxygen atoms in total. The summed E-state index contributed by atoms with van der Waals surface area (Å²) in [5, 5.41) is 29.2. The molecule has 0 saturated carbocycles. The molecule has 7 heteroatoms. The molecule has 1 aromatic rings. The first-order valence-electron chi connectivity index (χ1n) is 5.81. The zero-order valence-electron chi connectivity index (χ0n) is 10.2. The van der Waals surface area contributed by atoms with Gasteiger partial charge in [0, 0.05) is 30.2 Å². The van der Waals surface area contributed by atoms with Crippen LogP contribution in [0.3, 0.4) is 0 Å². The Balaban J connectivity index is 2.38. The Morgan fingerprint density at radius 2 is 2.42 bits per heavy atom. The van der Waals surface area contributed by atoms with Crippen LogP contribution in [0.2, 0.25) is 0 Å². The molecule has 1 fully saturated rings. The molecule has 0 spiro atoms. The summed E-state index contributed by atoms with van der Waals surface area (Å²) in [6.45, 7) is 0.733. The van der Waals surface area contributed by atoms with Crippen molar-refractivity contribution in [3.8, 4) is 6.07 Å². The summed E-state index contributed by atoms with van der Waals surface area (Å²) in [4.78, 5) is 12.2. The van der Waals surface area contributed by atoms with Gasteiger partial charge in [0.2, 0.25) is 0 Å². The minimum Gasteiger partial charge on any atom is -0.394 e. The average Bonchev–Trinajstić information content (AvgIpc) is 2.46. The summed E-state index contributed by atoms with van der Waals surface area (Å²) in [5.41, 5.74) is 0.847. The largest absolute Gasteiger partial charge is 0.394 e. The molecule has 1 saturated heterocycles. The Kier molecular flexibility index (Phi) is 4.24. The molecule has 1 aliphatic rings. The summed E-state index contributed by atoms with van der Waals surface area (Å²) in [6.07, 6.45) is 0. The highest BCUT2D eigenvalue weighted by Crippen LogP contribution is 2.29. The second-order valence-corrected chi connectivity index (χ2v) is 5.32. The topological polar surface area (TPSA) is 90.4 Å². The third-order valence-electron chi connectivity index (χ3n) is 3.06. The number of hydrogen-bond acceptors (Lipinski definition) is 6. The number of thioether (sulfide) groups is 1. The zero-order valence-corrected chi connectivity index (χ0v) is 11.0. The van der Waals surface area contributed by atoms with E-state index < -0.39 is 4.92 Å². The summed E-state index contributed by atoms with van der Waals surface area (Å²) < 4.78 is 0. The van der Waals surface area contributed by atoms with Gasteiger partial charge in [-0.2, -0.15) is 17.0 Å². The first kappa shape index (κ1) is 13.6. The van der Waals surface area contributed by atoms with Crippen molar-refractivity contribution in [3.63, 3.8) is 0 Å². The molecule has 1 aliphatic heterocycles. The van der Waals surface area contributed by atoms with E-state index in [4.69, 9.17) is 5.26 Å². The molecular weight excluding hydrogens is 266 g/mol. The number of hydrogen-bond donors (Lipinski definition) is 1. The Morgan fingerprint density at radius 3 is 3.05 bits per heavy atom. The van der Waals surface area contributed by atoms with E-state index in [1.165, 1.54) is 12.1 Å². The summed E-state index contributed by atoms with van der Waals surface area (Å²) >= 11 is 1.75. The van der Waals surface area contributed by atoms with Gasteiger partial charge in [0.25, 0.3) is 5.69 Å². The van der Waals surface area contributed by atoms with Crippen molar-refractivity contribution in [2.75, 3.05) is 29.6 Å². The normalized spacial score (nSPS) is 18.9. The lowest BCUT2D eigenvalue weighted by Gasteiger charge is -2.36. The minimum atomic E-state index is -0.514. The smallest absolute Gasteiger partial charge is 0.270 e. The van der Waals surface area contributed by atoms with E-state index in [9.17, 15) is 15.2 Å². The SMILES string of the molecule is N#Cc1cc([N+](=O)[O-])ccc1N1CCSCC1CO. The van der Waals surface area contributed by atoms with Crippen molar-refractivity contribution < 1.29 is 10.0 Å². The monoisotopic (exact) mass is 279 g/mol. The molecular formula is C12H13N3O3S. The molecule has 100 valence electrons. The highest BCUT2D eigenvalue weighted by Gasteiger charge is 2.25. The third kappa shape index (κ3) is 2.80. The highest BCUT2D eigenvalue weighted by molar-refractivity contribution is 7.99. The van der Waals surface area contributed by atoms with E-state index in [1.54, 1.807) is 17.8 Å². The van der Waals surface area contributed by atoms with Crippen LogP contribution in [-0.4, -0.2) is 40.7 Å². The molecule has 19 heavy (non-hydrogen) atoms. The van der Waals surface area contributed by atoms with Gasteiger partial charge < -0.3 is 10.0 Å². The molecule has 1 heterocycles. The van der Waals surface area contributed by atoms with Crippen LogP contribution in [0.15, 0.2) is 18.2 Å². The van der Waals surface area contributed by atoms with Crippen molar-refractivity contribution >= 4 is 23.1 Å². The molecule has 1 aromatic carbocycles. The van der Waals surface area contributed by atoms with Gasteiger partial charge in [-0.15, -0.1) is 0 Å². The number of non-ortho nitro benzene ring substituents is 1. The number of aliphatic hydroxyl groups is 1. The van der Waals surface area contributed by atoms with E-state index in [1.807, 2.05) is 11.0 Å². The predicted octanol–water partition coefficient (Wildman–Crippen LogP) is 1.38. The fourth-order valence-corrected chi connectivity index (χ4v) is 3.15. The highest BCUT2D eigenvalue weighted by atomic mass is 32.2. The average molecular weight is 279 g/mol. The molecule has 1 atom stereocenters. The van der Waals surface area contributed by atoms with Crippen LogP contribution in [-0.2, 0) is 0 Å². The van der Waals surface area contributed by atoms with Crippen LogP contribution in [0.4, 0.5) is 11.4 Å². The zero-order chi connectivity index (χ0) is 13.8. The van der Waals surface area contributed by atoms with Gasteiger partial charge >= 0.3 is 0 Å². The van der Waals surface area contributed by atoms with E-state index >= 15 is 0 Å². The van der Waals surface area contributed by atoms with Crippen molar-refractivity contribution in [2.45, 2.75) is 6.04 Å². The maximum Gasteiger partial charge on any atom is 0.270 e. The van der Waals surface area contributed by atoms with Crippen molar-refractivity contribution in [3.05, 3.63) is 33.9 Å². The van der Waals surface area contributed by atoms with Gasteiger partial charge in [0.15, 0.2) is 0 Å². The molecule has 0 radical (unpaired) electrons. The Labute approximate surface area is 114 Å². The number of anilines is 1. The van der Waals surface area contributed by atoms with Crippen LogP contribution in [0.5, 0.6) is 0 Å². The summed E-state index contributed by atoms with van der Waals surface area (Å²) in [7, 11) is 0. The van der Waals surface area contributed by atoms with Crippen LogP contribution < -0.4 is 4.90 Å². The van der Waals surface area contributed by atoms with Gasteiger partial charge in [0.05, 0.1) is 28.8 Å². The third-order valence-corrected chi connectivity index (χ3v) is 4.15. The molecule has 1 unspecified atom stereocenters. The number of aliphatic hydroxyl groups excluding tert-OH is 1. The minimum absolute atomic E-state index is 0.00879. The van der Waals surface area contributed by atoms with E-state index in [2.05, 4.69) is 0 Å². The van der Waals surface area contributed by atoms with Gasteiger partial charge in [-0.05, 0) is 6.07 Å². The lowest BCUT2D eigenvalue weighted by Crippen LogP contribution is -2.45. The maximum absolute atomic E-state index is 10.7. The van der Waals surface area contributed by atoms with Crippen LogP contribution in [0.1, 0.15) is 5.56 Å². The van der Waals surface area contributed by atoms with Crippen LogP contribution >= 0.6 is 11.8 Å². The predicted molar refractivity (Wildman–Crippen MR) is 73.4 cm³/mol. The van der Waals surface area contributed by atoms with Crippen molar-refractivity contribution in [1.82, 2.24) is 0 Å². The molecule has 1 N–H and O–H groups in total. The molecule has 2 rings (SSSR count). The Morgan fingerprint density at radius 1 is 1.63 bits per heavy atom. The summed E-state index contributed by atoms with van der Waals surface area (Å²) in [6, 6.07) is 6.22. The quantitative estimate of drug-likeness (QED) is 0.664. The van der Waals surface area contributed by atoms with Gasteiger partial charge in [0.1, 0.15) is 6.07 Å². The first-order valence-corrected chi connectivity index (χ1v) is 6.96. The fraction of sp³-hybridized carbons (Fsp3) is 0.417. The number of nitro groups is 1. The van der Waals surface area contributed by atoms with Gasteiger partial charge in [-0.1, -0.05) is 0 Å². The number of nitro benzene ring substituents is 1. The van der Waals surface area contributed by atoms with Gasteiger partial charge in [-0.3, -0.25) is 10.1 Å². The fourth-order valence-electron chi connectivity index (χ4n) is 2.10. The Bertz CT molecular complexity index is 529. The molecule has 0 bridgehead atoms. The number of nitrogens with zero attached hydrogens (tertiary/aromatic N) is 3. The summed E-state index contributed by atoms with van der Waals surface area (Å²) in [5.74, 6) is 1.71. The van der Waals surface area contributed by atoms with Crippen molar-refractivity contribution in [2.24, 2.45) is 0 Å². The van der Waals surface area contributed by atoms with E-state index in [0.717, 1.165) is 18.1 Å². The second kappa shape index (κ2) is 5.91. The van der Waals surface area contributed by atoms with Crippen LogP contribution in [0, 0.1) is 21.4 Å². The second-order valence-electron chi connectivity index (χ2n) is 4.18.